The molecule has 1 aromatic carbocycles. The third kappa shape index (κ3) is 5.16. The Labute approximate surface area is 190 Å². The number of carbonyl (C=O) groups is 2. The number of benzene rings is 1. The van der Waals surface area contributed by atoms with Gasteiger partial charge in [0.15, 0.2) is 0 Å². The van der Waals surface area contributed by atoms with Crippen molar-refractivity contribution in [2.24, 2.45) is 0 Å². The van der Waals surface area contributed by atoms with E-state index < -0.39 is 11.5 Å². The first-order valence-electron chi connectivity index (χ1n) is 12.1. The van der Waals surface area contributed by atoms with Crippen LogP contribution in [0.25, 0.3) is 0 Å². The Morgan fingerprint density at radius 2 is 1.78 bits per heavy atom. The summed E-state index contributed by atoms with van der Waals surface area (Å²) in [4.78, 5) is 27.1. The molecule has 1 amide bonds. The molecule has 7 heteroatoms. The highest BCUT2D eigenvalue weighted by molar-refractivity contribution is 5.88. The molecular formula is C25H36N2O5. The Balaban J connectivity index is 1.41. The van der Waals surface area contributed by atoms with Crippen LogP contribution in [0.1, 0.15) is 80.3 Å². The second-order valence-electron chi connectivity index (χ2n) is 9.52. The van der Waals surface area contributed by atoms with Crippen molar-refractivity contribution in [3.05, 3.63) is 35.4 Å². The van der Waals surface area contributed by atoms with Crippen LogP contribution < -0.4 is 5.32 Å². The van der Waals surface area contributed by atoms with E-state index >= 15 is 0 Å². The Kier molecular flexibility index (Phi) is 7.48. The highest BCUT2D eigenvalue weighted by Gasteiger charge is 2.48. The van der Waals surface area contributed by atoms with Crippen molar-refractivity contribution in [1.29, 1.82) is 0 Å². The van der Waals surface area contributed by atoms with Crippen molar-refractivity contribution in [2.75, 3.05) is 26.3 Å². The summed E-state index contributed by atoms with van der Waals surface area (Å²) < 4.78 is 12.0. The van der Waals surface area contributed by atoms with Crippen LogP contribution in [0.15, 0.2) is 24.3 Å². The van der Waals surface area contributed by atoms with Gasteiger partial charge in [0.25, 0.3) is 0 Å². The molecule has 2 atom stereocenters. The van der Waals surface area contributed by atoms with Crippen molar-refractivity contribution < 1.29 is 24.2 Å². The molecule has 0 aromatic heterocycles. The number of nitrogens with zero attached hydrogens (tertiary/aromatic N) is 1. The first-order valence-corrected chi connectivity index (χ1v) is 12.1. The van der Waals surface area contributed by atoms with Gasteiger partial charge in [-0.3, -0.25) is 9.69 Å². The van der Waals surface area contributed by atoms with Crippen LogP contribution in [0.3, 0.4) is 0 Å². The molecule has 0 radical (unpaired) electrons. The van der Waals surface area contributed by atoms with E-state index in [0.29, 0.717) is 32.2 Å². The molecular weight excluding hydrogens is 408 g/mol. The summed E-state index contributed by atoms with van der Waals surface area (Å²) in [5, 5.41) is 12.3. The van der Waals surface area contributed by atoms with Crippen LogP contribution >= 0.6 is 0 Å². The van der Waals surface area contributed by atoms with E-state index in [1.807, 2.05) is 6.92 Å². The largest absolute Gasteiger partial charge is 0.478 e. The number of carboxylic acid groups (broad SMARTS) is 1. The van der Waals surface area contributed by atoms with Gasteiger partial charge in [0.05, 0.1) is 23.8 Å². The second kappa shape index (κ2) is 10.3. The molecule has 1 unspecified atom stereocenters. The molecule has 2 N–H and O–H groups in total. The molecule has 3 aliphatic rings. The zero-order valence-corrected chi connectivity index (χ0v) is 19.1. The lowest BCUT2D eigenvalue weighted by molar-refractivity contribution is -0.141. The van der Waals surface area contributed by atoms with Crippen molar-refractivity contribution in [3.63, 3.8) is 0 Å². The zero-order chi connectivity index (χ0) is 22.6. The molecule has 2 saturated heterocycles. The van der Waals surface area contributed by atoms with Crippen LogP contribution in [0.2, 0.25) is 0 Å². The van der Waals surface area contributed by atoms with E-state index in [9.17, 15) is 9.59 Å². The molecule has 1 aromatic rings. The van der Waals surface area contributed by atoms with Crippen molar-refractivity contribution in [2.45, 2.75) is 82.1 Å². The summed E-state index contributed by atoms with van der Waals surface area (Å²) in [6.45, 7) is 4.78. The Morgan fingerprint density at radius 1 is 1.09 bits per heavy atom. The number of amides is 1. The third-order valence-corrected chi connectivity index (χ3v) is 7.44. The maximum absolute atomic E-state index is 13.6. The molecule has 32 heavy (non-hydrogen) atoms. The van der Waals surface area contributed by atoms with Crippen LogP contribution in [-0.2, 0) is 14.3 Å². The molecule has 4 rings (SSSR count). The minimum Gasteiger partial charge on any atom is -0.478 e. The van der Waals surface area contributed by atoms with Gasteiger partial charge in [0.2, 0.25) is 5.91 Å². The maximum atomic E-state index is 13.6. The molecule has 1 aliphatic carbocycles. The summed E-state index contributed by atoms with van der Waals surface area (Å²) in [7, 11) is 0. The van der Waals surface area contributed by atoms with Gasteiger partial charge in [-0.15, -0.1) is 0 Å². The lowest BCUT2D eigenvalue weighted by Crippen LogP contribution is -2.61. The van der Waals surface area contributed by atoms with Gasteiger partial charge in [-0.1, -0.05) is 31.4 Å². The van der Waals surface area contributed by atoms with Gasteiger partial charge >= 0.3 is 5.97 Å². The first-order chi connectivity index (χ1) is 15.5. The number of hydrogen-bond donors (Lipinski definition) is 2. The molecule has 2 aliphatic heterocycles. The number of aromatic carboxylic acids is 1. The van der Waals surface area contributed by atoms with Gasteiger partial charge in [-0.25, -0.2) is 4.79 Å². The Morgan fingerprint density at radius 3 is 2.44 bits per heavy atom. The summed E-state index contributed by atoms with van der Waals surface area (Å²) >= 11 is 0. The van der Waals surface area contributed by atoms with Gasteiger partial charge in [0, 0.05) is 26.3 Å². The normalized spacial score (nSPS) is 25.3. The fourth-order valence-electron chi connectivity index (χ4n) is 5.43. The van der Waals surface area contributed by atoms with Gasteiger partial charge in [0.1, 0.15) is 5.54 Å². The molecule has 3 fully saturated rings. The first kappa shape index (κ1) is 23.2. The maximum Gasteiger partial charge on any atom is 0.335 e. The zero-order valence-electron chi connectivity index (χ0n) is 19.1. The molecule has 2 heterocycles. The molecule has 176 valence electrons. The standard InChI is InChI=1S/C25H36N2O5/c1-18(19-7-9-20(10-8-19)23(28)29)26-24(30)25(12-15-31-16-13-25)27-14-11-22(17-27)32-21-5-3-2-4-6-21/h7-10,18,21-22H,2-6,11-17H2,1H3,(H,26,30)(H,28,29)/t18?,22-/m1/s1. The van der Waals surface area contributed by atoms with Crippen LogP contribution in [0.5, 0.6) is 0 Å². The molecule has 0 spiro atoms. The van der Waals surface area contributed by atoms with Gasteiger partial charge in [-0.05, 0) is 56.7 Å². The minimum absolute atomic E-state index is 0.0360. The topological polar surface area (TPSA) is 88.1 Å². The predicted molar refractivity (Wildman–Crippen MR) is 121 cm³/mol. The predicted octanol–water partition coefficient (Wildman–Crippen LogP) is 3.53. The monoisotopic (exact) mass is 444 g/mol. The van der Waals surface area contributed by atoms with Crippen LogP contribution in [-0.4, -0.2) is 65.9 Å². The second-order valence-corrected chi connectivity index (χ2v) is 9.52. The summed E-state index contributed by atoms with van der Waals surface area (Å²) in [5.74, 6) is -0.914. The average Bonchev–Trinajstić information content (AvgIpc) is 3.29. The summed E-state index contributed by atoms with van der Waals surface area (Å²) in [6.07, 6.45) is 9.07. The summed E-state index contributed by atoms with van der Waals surface area (Å²) in [5.41, 5.74) is 0.567. The fourth-order valence-corrected chi connectivity index (χ4v) is 5.43. The van der Waals surface area contributed by atoms with Crippen LogP contribution in [0, 0.1) is 0 Å². The molecule has 0 bridgehead atoms. The average molecular weight is 445 g/mol. The number of ether oxygens (including phenoxy) is 2. The molecule has 1 saturated carbocycles. The van der Waals surface area contributed by atoms with Crippen molar-refractivity contribution >= 4 is 11.9 Å². The quantitative estimate of drug-likeness (QED) is 0.669. The van der Waals surface area contributed by atoms with Crippen LogP contribution in [0.4, 0.5) is 0 Å². The SMILES string of the molecule is CC(NC(=O)C1(N2CC[C@@H](OC3CCCCC3)C2)CCOCC1)c1ccc(C(=O)O)cc1. The lowest BCUT2D eigenvalue weighted by atomic mass is 9.86. The number of nitrogens with one attached hydrogen (secondary N) is 1. The highest BCUT2D eigenvalue weighted by Crippen LogP contribution is 2.34. The molecule has 7 nitrogen and oxygen atoms in total. The minimum atomic E-state index is -0.951. The lowest BCUT2D eigenvalue weighted by Gasteiger charge is -2.43. The smallest absolute Gasteiger partial charge is 0.335 e. The number of carbonyl (C=O) groups excluding carboxylic acids is 1. The number of carboxylic acids is 1. The Hall–Kier alpha value is -1.96. The van der Waals surface area contributed by atoms with E-state index in [-0.39, 0.29) is 23.6 Å². The highest BCUT2D eigenvalue weighted by atomic mass is 16.5. The van der Waals surface area contributed by atoms with Crippen molar-refractivity contribution in [3.8, 4) is 0 Å². The van der Waals surface area contributed by atoms with Crippen molar-refractivity contribution in [1.82, 2.24) is 10.2 Å². The number of hydrogen-bond acceptors (Lipinski definition) is 5. The third-order valence-electron chi connectivity index (χ3n) is 7.44. The van der Waals surface area contributed by atoms with E-state index in [2.05, 4.69) is 10.2 Å². The van der Waals surface area contributed by atoms with Gasteiger partial charge < -0.3 is 19.9 Å². The van der Waals surface area contributed by atoms with E-state index in [0.717, 1.165) is 37.9 Å². The number of rotatable bonds is 7. The van der Waals surface area contributed by atoms with Gasteiger partial charge in [-0.2, -0.15) is 0 Å². The number of likely N-dealkylation sites (tertiary alicyclic amines) is 1. The van der Waals surface area contributed by atoms with E-state index in [1.54, 1.807) is 24.3 Å². The van der Waals surface area contributed by atoms with E-state index in [4.69, 9.17) is 14.6 Å². The fraction of sp³-hybridized carbons (Fsp3) is 0.680. The summed E-state index contributed by atoms with van der Waals surface area (Å²) in [6, 6.07) is 6.50. The van der Waals surface area contributed by atoms with E-state index in [1.165, 1.54) is 19.3 Å². The Bertz CT molecular complexity index is 784.